The van der Waals surface area contributed by atoms with Crippen LogP contribution in [-0.4, -0.2) is 4.98 Å². The Bertz CT molecular complexity index is 1230. The molecule has 0 aliphatic carbocycles. The molecule has 0 bridgehead atoms. The summed E-state index contributed by atoms with van der Waals surface area (Å²) in [6.07, 6.45) is 3.66. The van der Waals surface area contributed by atoms with E-state index in [0.717, 1.165) is 22.4 Å². The Balaban J connectivity index is 1.96. The summed E-state index contributed by atoms with van der Waals surface area (Å²) in [7, 11) is 2.02. The van der Waals surface area contributed by atoms with Gasteiger partial charge in [0.25, 0.3) is 6.33 Å². The Hall–Kier alpha value is -2.72. The lowest BCUT2D eigenvalue weighted by Gasteiger charge is -2.06. The second-order valence-electron chi connectivity index (χ2n) is 6.07. The van der Waals surface area contributed by atoms with Crippen LogP contribution in [0.2, 0.25) is 0 Å². The van der Waals surface area contributed by atoms with Gasteiger partial charge in [-0.25, -0.2) is 4.57 Å². The van der Waals surface area contributed by atoms with Crippen molar-refractivity contribution in [1.29, 1.82) is 0 Å². The van der Waals surface area contributed by atoms with Crippen molar-refractivity contribution in [3.63, 3.8) is 0 Å². The van der Waals surface area contributed by atoms with Crippen molar-refractivity contribution in [2.24, 2.45) is 7.05 Å². The van der Waals surface area contributed by atoms with E-state index in [9.17, 15) is 0 Å². The molecule has 2 aromatic carbocycles. The lowest BCUT2D eigenvalue weighted by molar-refractivity contribution is -0.663. The Morgan fingerprint density at radius 2 is 1.88 bits per heavy atom. The van der Waals surface area contributed by atoms with E-state index < -0.39 is 0 Å². The molecule has 116 valence electrons. The molecular formula is C20H15N2OS+. The third-order valence-electron chi connectivity index (χ3n) is 4.56. The van der Waals surface area contributed by atoms with Crippen LogP contribution in [0.3, 0.4) is 0 Å². The summed E-state index contributed by atoms with van der Waals surface area (Å²) in [5.41, 5.74) is 5.41. The number of thiophene rings is 1. The van der Waals surface area contributed by atoms with Gasteiger partial charge in [0.2, 0.25) is 0 Å². The van der Waals surface area contributed by atoms with E-state index in [-0.39, 0.29) is 0 Å². The van der Waals surface area contributed by atoms with Crippen molar-refractivity contribution in [2.75, 3.05) is 0 Å². The van der Waals surface area contributed by atoms with E-state index >= 15 is 0 Å². The van der Waals surface area contributed by atoms with Crippen molar-refractivity contribution in [1.82, 2.24) is 4.98 Å². The van der Waals surface area contributed by atoms with Crippen LogP contribution >= 0.6 is 11.3 Å². The number of aryl methyl sites for hydroxylation is 2. The number of rotatable bonds is 1. The summed E-state index contributed by atoms with van der Waals surface area (Å²) in [6, 6.07) is 14.8. The number of fused-ring (bicyclic) bond motifs is 5. The first-order valence-electron chi connectivity index (χ1n) is 7.87. The largest absolute Gasteiger partial charge is 0.454 e. The number of nitrogens with zero attached hydrogens (tertiary/aromatic N) is 2. The van der Waals surface area contributed by atoms with Crippen molar-refractivity contribution in [3.8, 4) is 11.3 Å². The SMILES string of the molecule is Cc1ccc2c(oc3c4ccccc4sc23)c1-c1ccnc[n+]1C. The van der Waals surface area contributed by atoms with E-state index in [4.69, 9.17) is 4.42 Å². The topological polar surface area (TPSA) is 29.9 Å². The van der Waals surface area contributed by atoms with Gasteiger partial charge >= 0.3 is 0 Å². The molecule has 0 saturated carbocycles. The molecule has 3 aromatic heterocycles. The molecule has 4 heteroatoms. The van der Waals surface area contributed by atoms with E-state index in [2.05, 4.69) is 48.3 Å². The molecule has 5 rings (SSSR count). The van der Waals surface area contributed by atoms with Crippen molar-refractivity contribution < 1.29 is 8.98 Å². The molecule has 0 atom stereocenters. The highest BCUT2D eigenvalue weighted by molar-refractivity contribution is 7.26. The maximum absolute atomic E-state index is 6.40. The molecule has 0 amide bonds. The number of hydrogen-bond donors (Lipinski definition) is 0. The normalized spacial score (nSPS) is 11.8. The van der Waals surface area contributed by atoms with Gasteiger partial charge in [0.15, 0.2) is 5.58 Å². The van der Waals surface area contributed by atoms with Gasteiger partial charge in [-0.3, -0.25) is 0 Å². The predicted molar refractivity (Wildman–Crippen MR) is 98.2 cm³/mol. The van der Waals surface area contributed by atoms with E-state index in [1.54, 1.807) is 11.3 Å². The maximum atomic E-state index is 6.40. The molecule has 5 aromatic rings. The molecule has 0 aliphatic rings. The number of furan rings is 1. The first kappa shape index (κ1) is 13.7. The Morgan fingerprint density at radius 1 is 1.00 bits per heavy atom. The van der Waals surface area contributed by atoms with E-state index in [1.807, 2.05) is 30.2 Å². The number of aromatic nitrogens is 2. The Kier molecular flexibility index (Phi) is 2.79. The average Bonchev–Trinajstić information content (AvgIpc) is 3.12. The van der Waals surface area contributed by atoms with Gasteiger partial charge in [0, 0.05) is 21.5 Å². The van der Waals surface area contributed by atoms with Crippen LogP contribution in [-0.2, 0) is 7.05 Å². The van der Waals surface area contributed by atoms with E-state index in [0.29, 0.717) is 0 Å². The van der Waals surface area contributed by atoms with Crippen LogP contribution in [0.5, 0.6) is 0 Å². The highest BCUT2D eigenvalue weighted by atomic mass is 32.1. The third-order valence-corrected chi connectivity index (χ3v) is 5.74. The monoisotopic (exact) mass is 331 g/mol. The fraction of sp³-hybridized carbons (Fsp3) is 0.100. The van der Waals surface area contributed by atoms with Gasteiger partial charge in [-0.2, -0.15) is 0 Å². The van der Waals surface area contributed by atoms with Gasteiger partial charge in [-0.05, 0) is 30.7 Å². The molecule has 0 fully saturated rings. The zero-order valence-corrected chi connectivity index (χ0v) is 14.2. The third kappa shape index (κ3) is 1.77. The fourth-order valence-corrected chi connectivity index (χ4v) is 4.53. The fourth-order valence-electron chi connectivity index (χ4n) is 3.38. The molecule has 0 aliphatic heterocycles. The van der Waals surface area contributed by atoms with Gasteiger partial charge in [-0.15, -0.1) is 11.3 Å². The van der Waals surface area contributed by atoms with Crippen LogP contribution in [0.4, 0.5) is 0 Å². The first-order chi connectivity index (χ1) is 11.7. The predicted octanol–water partition coefficient (Wildman–Crippen LogP) is 5.00. The number of benzene rings is 2. The van der Waals surface area contributed by atoms with Crippen LogP contribution < -0.4 is 4.57 Å². The van der Waals surface area contributed by atoms with Crippen LogP contribution in [0.25, 0.3) is 42.6 Å². The second kappa shape index (κ2) is 4.89. The summed E-state index contributed by atoms with van der Waals surface area (Å²) < 4.78 is 10.9. The molecule has 0 saturated heterocycles. The first-order valence-corrected chi connectivity index (χ1v) is 8.69. The van der Waals surface area contributed by atoms with Crippen molar-refractivity contribution in [2.45, 2.75) is 6.92 Å². The van der Waals surface area contributed by atoms with Gasteiger partial charge < -0.3 is 4.42 Å². The summed E-state index contributed by atoms with van der Waals surface area (Å²) >= 11 is 1.80. The highest BCUT2D eigenvalue weighted by Crippen LogP contribution is 2.43. The average molecular weight is 331 g/mol. The lowest BCUT2D eigenvalue weighted by atomic mass is 10.0. The molecule has 0 radical (unpaired) electrons. The molecule has 0 spiro atoms. The standard InChI is InChI=1S/C20H15N2OS/c1-12-7-8-14-18(17(12)15-9-10-21-11-22(15)2)23-19-13-5-3-4-6-16(13)24-20(14)19/h3-11H,1-2H3/q+1. The van der Waals surface area contributed by atoms with Gasteiger partial charge in [0.1, 0.15) is 17.5 Å². The van der Waals surface area contributed by atoms with Crippen molar-refractivity contribution in [3.05, 3.63) is 60.6 Å². The maximum Gasteiger partial charge on any atom is 0.286 e. The van der Waals surface area contributed by atoms with Crippen LogP contribution in [0.1, 0.15) is 5.56 Å². The number of hydrogen-bond acceptors (Lipinski definition) is 3. The molecule has 0 unspecified atom stereocenters. The smallest absolute Gasteiger partial charge is 0.286 e. The minimum absolute atomic E-state index is 0.962. The van der Waals surface area contributed by atoms with Crippen molar-refractivity contribution >= 4 is 42.7 Å². The van der Waals surface area contributed by atoms with Gasteiger partial charge in [-0.1, -0.05) is 23.2 Å². The molecular weight excluding hydrogens is 316 g/mol. The molecule has 24 heavy (non-hydrogen) atoms. The zero-order valence-electron chi connectivity index (χ0n) is 13.4. The minimum Gasteiger partial charge on any atom is -0.454 e. The summed E-state index contributed by atoms with van der Waals surface area (Å²) in [6.45, 7) is 2.13. The molecule has 3 heterocycles. The minimum atomic E-state index is 0.962. The van der Waals surface area contributed by atoms with Gasteiger partial charge in [0.05, 0.1) is 17.3 Å². The lowest BCUT2D eigenvalue weighted by Crippen LogP contribution is -2.31. The zero-order chi connectivity index (χ0) is 16.3. The highest BCUT2D eigenvalue weighted by Gasteiger charge is 2.20. The summed E-state index contributed by atoms with van der Waals surface area (Å²) in [4.78, 5) is 4.19. The molecule has 3 nitrogen and oxygen atoms in total. The Morgan fingerprint density at radius 3 is 2.75 bits per heavy atom. The Labute approximate surface area is 142 Å². The van der Waals surface area contributed by atoms with Crippen LogP contribution in [0, 0.1) is 6.92 Å². The second-order valence-corrected chi connectivity index (χ2v) is 7.12. The van der Waals surface area contributed by atoms with E-state index in [1.165, 1.54) is 25.7 Å². The molecule has 0 N–H and O–H groups in total. The van der Waals surface area contributed by atoms with Crippen LogP contribution in [0.15, 0.2) is 59.4 Å². The summed E-state index contributed by atoms with van der Waals surface area (Å²) in [5, 5.41) is 2.38. The quantitative estimate of drug-likeness (QED) is 0.405. The summed E-state index contributed by atoms with van der Waals surface area (Å²) in [5.74, 6) is 0.